The molecule has 0 aromatic rings. The SMILES string of the molecule is CCCC1(C)CCCN(C(=O)NCCCS(C)(=O)=O)C1. The smallest absolute Gasteiger partial charge is 0.317 e. The molecule has 6 heteroatoms. The summed E-state index contributed by atoms with van der Waals surface area (Å²) in [5.74, 6) is 0.126. The zero-order valence-corrected chi connectivity index (χ0v) is 13.8. The number of urea groups is 1. The van der Waals surface area contributed by atoms with Crippen molar-refractivity contribution in [1.82, 2.24) is 10.2 Å². The first-order valence-electron chi connectivity index (χ1n) is 7.46. The summed E-state index contributed by atoms with van der Waals surface area (Å²) < 4.78 is 22.0. The molecule has 1 rings (SSSR count). The summed E-state index contributed by atoms with van der Waals surface area (Å²) in [5, 5.41) is 2.83. The number of hydrogen-bond acceptors (Lipinski definition) is 3. The van der Waals surface area contributed by atoms with Gasteiger partial charge in [0.25, 0.3) is 0 Å². The van der Waals surface area contributed by atoms with Gasteiger partial charge in [-0.15, -0.1) is 0 Å². The van der Waals surface area contributed by atoms with E-state index in [-0.39, 0.29) is 17.2 Å². The fraction of sp³-hybridized carbons (Fsp3) is 0.929. The fourth-order valence-electron chi connectivity index (χ4n) is 2.94. The molecule has 1 atom stereocenters. The van der Waals surface area contributed by atoms with Gasteiger partial charge in [-0.2, -0.15) is 0 Å². The van der Waals surface area contributed by atoms with Gasteiger partial charge in [-0.25, -0.2) is 13.2 Å². The zero-order valence-electron chi connectivity index (χ0n) is 12.9. The molecule has 2 amide bonds. The molecule has 1 heterocycles. The van der Waals surface area contributed by atoms with Crippen molar-refractivity contribution < 1.29 is 13.2 Å². The van der Waals surface area contributed by atoms with E-state index in [4.69, 9.17) is 0 Å². The van der Waals surface area contributed by atoms with Gasteiger partial charge in [0, 0.05) is 25.9 Å². The van der Waals surface area contributed by atoms with Crippen molar-refractivity contribution in [3.8, 4) is 0 Å². The fourth-order valence-corrected chi connectivity index (χ4v) is 3.61. The van der Waals surface area contributed by atoms with Gasteiger partial charge in [-0.1, -0.05) is 20.3 Å². The van der Waals surface area contributed by atoms with Crippen LogP contribution in [-0.2, 0) is 9.84 Å². The van der Waals surface area contributed by atoms with Crippen LogP contribution in [0, 0.1) is 5.41 Å². The predicted molar refractivity (Wildman–Crippen MR) is 81.5 cm³/mol. The van der Waals surface area contributed by atoms with Crippen molar-refractivity contribution in [2.24, 2.45) is 5.41 Å². The van der Waals surface area contributed by atoms with E-state index in [2.05, 4.69) is 19.2 Å². The summed E-state index contributed by atoms with van der Waals surface area (Å²) >= 11 is 0. The van der Waals surface area contributed by atoms with E-state index < -0.39 is 9.84 Å². The first-order chi connectivity index (χ1) is 9.26. The number of carbonyl (C=O) groups excluding carboxylic acids is 1. The van der Waals surface area contributed by atoms with Crippen molar-refractivity contribution in [2.75, 3.05) is 31.6 Å². The quantitative estimate of drug-likeness (QED) is 0.764. The van der Waals surface area contributed by atoms with Crippen LogP contribution in [0.5, 0.6) is 0 Å². The van der Waals surface area contributed by atoms with Crippen molar-refractivity contribution in [1.29, 1.82) is 0 Å². The molecule has 0 radical (unpaired) electrons. The third-order valence-corrected chi connectivity index (χ3v) is 4.92. The Morgan fingerprint density at radius 1 is 1.40 bits per heavy atom. The second kappa shape index (κ2) is 7.29. The van der Waals surface area contributed by atoms with Crippen LogP contribution in [0.1, 0.15) is 46.0 Å². The average Bonchev–Trinajstić information content (AvgIpc) is 2.33. The largest absolute Gasteiger partial charge is 0.338 e. The van der Waals surface area contributed by atoms with Crippen LogP contribution in [0.2, 0.25) is 0 Å². The summed E-state index contributed by atoms with van der Waals surface area (Å²) in [7, 11) is -2.94. The predicted octanol–water partition coefficient (Wildman–Crippen LogP) is 2.03. The molecule has 0 bridgehead atoms. The Labute approximate surface area is 123 Å². The molecule has 0 saturated carbocycles. The van der Waals surface area contributed by atoms with Crippen molar-refractivity contribution >= 4 is 15.9 Å². The summed E-state index contributed by atoms with van der Waals surface area (Å²) in [6.45, 7) is 6.46. The normalized spacial score (nSPS) is 23.6. The van der Waals surface area contributed by atoms with Gasteiger partial charge < -0.3 is 10.2 Å². The highest BCUT2D eigenvalue weighted by Gasteiger charge is 2.32. The summed E-state index contributed by atoms with van der Waals surface area (Å²) in [5.41, 5.74) is 0.233. The molecule has 1 N–H and O–H groups in total. The minimum Gasteiger partial charge on any atom is -0.338 e. The molecule has 1 fully saturated rings. The Kier molecular flexibility index (Phi) is 6.30. The second-order valence-corrected chi connectivity index (χ2v) is 8.56. The highest BCUT2D eigenvalue weighted by Crippen LogP contribution is 2.33. The van der Waals surface area contributed by atoms with Gasteiger partial charge in [0.1, 0.15) is 9.84 Å². The van der Waals surface area contributed by atoms with Crippen LogP contribution >= 0.6 is 0 Å². The molecule has 118 valence electrons. The molecular formula is C14H28N2O3S. The van der Waals surface area contributed by atoms with Crippen LogP contribution in [-0.4, -0.2) is 51.0 Å². The van der Waals surface area contributed by atoms with E-state index in [0.29, 0.717) is 13.0 Å². The minimum atomic E-state index is -2.94. The third-order valence-electron chi connectivity index (χ3n) is 3.89. The zero-order chi connectivity index (χ0) is 15.2. The number of amides is 2. The molecular weight excluding hydrogens is 276 g/mol. The standard InChI is InChI=1S/C14H28N2O3S/c1-4-7-14(2)8-5-10-16(12-14)13(17)15-9-6-11-20(3,18)19/h4-12H2,1-3H3,(H,15,17). The monoisotopic (exact) mass is 304 g/mol. The molecule has 0 spiro atoms. The highest BCUT2D eigenvalue weighted by atomic mass is 32.2. The first kappa shape index (κ1) is 17.3. The molecule has 20 heavy (non-hydrogen) atoms. The Morgan fingerprint density at radius 3 is 2.70 bits per heavy atom. The van der Waals surface area contributed by atoms with Crippen molar-refractivity contribution in [3.05, 3.63) is 0 Å². The van der Waals surface area contributed by atoms with E-state index in [1.807, 2.05) is 4.90 Å². The van der Waals surface area contributed by atoms with E-state index in [1.165, 1.54) is 12.7 Å². The van der Waals surface area contributed by atoms with Crippen LogP contribution in [0.4, 0.5) is 4.79 Å². The van der Waals surface area contributed by atoms with Crippen molar-refractivity contribution in [2.45, 2.75) is 46.0 Å². The molecule has 0 aromatic heterocycles. The lowest BCUT2D eigenvalue weighted by Gasteiger charge is -2.40. The molecule has 5 nitrogen and oxygen atoms in total. The summed E-state index contributed by atoms with van der Waals surface area (Å²) in [4.78, 5) is 14.0. The molecule has 1 aliphatic heterocycles. The van der Waals surface area contributed by atoms with Crippen LogP contribution in [0.25, 0.3) is 0 Å². The van der Waals surface area contributed by atoms with Gasteiger partial charge in [0.15, 0.2) is 0 Å². The van der Waals surface area contributed by atoms with E-state index in [0.717, 1.165) is 32.4 Å². The maximum atomic E-state index is 12.1. The lowest BCUT2D eigenvalue weighted by Crippen LogP contribution is -2.49. The van der Waals surface area contributed by atoms with Crippen molar-refractivity contribution in [3.63, 3.8) is 0 Å². The van der Waals surface area contributed by atoms with E-state index in [9.17, 15) is 13.2 Å². The maximum absolute atomic E-state index is 12.1. The first-order valence-corrected chi connectivity index (χ1v) is 9.52. The number of sulfone groups is 1. The lowest BCUT2D eigenvalue weighted by atomic mass is 9.78. The number of hydrogen-bond donors (Lipinski definition) is 1. The number of nitrogens with one attached hydrogen (secondary N) is 1. The van der Waals surface area contributed by atoms with Gasteiger partial charge in [-0.05, 0) is 31.1 Å². The average molecular weight is 304 g/mol. The molecule has 1 aliphatic rings. The van der Waals surface area contributed by atoms with E-state index >= 15 is 0 Å². The summed E-state index contributed by atoms with van der Waals surface area (Å²) in [6, 6.07) is -0.0551. The molecule has 0 aliphatic carbocycles. The number of likely N-dealkylation sites (tertiary alicyclic amines) is 1. The number of rotatable bonds is 6. The highest BCUT2D eigenvalue weighted by molar-refractivity contribution is 7.90. The second-order valence-electron chi connectivity index (χ2n) is 6.30. The Hall–Kier alpha value is -0.780. The third kappa shape index (κ3) is 6.11. The van der Waals surface area contributed by atoms with Gasteiger partial charge in [0.05, 0.1) is 5.75 Å². The Balaban J connectivity index is 2.36. The van der Waals surface area contributed by atoms with Crippen LogP contribution in [0.3, 0.4) is 0 Å². The molecule has 0 aromatic carbocycles. The number of piperidine rings is 1. The van der Waals surface area contributed by atoms with E-state index in [1.54, 1.807) is 0 Å². The minimum absolute atomic E-state index is 0.0551. The van der Waals surface area contributed by atoms with Gasteiger partial charge in [0.2, 0.25) is 0 Å². The lowest BCUT2D eigenvalue weighted by molar-refractivity contribution is 0.110. The number of nitrogens with zero attached hydrogens (tertiary/aromatic N) is 1. The van der Waals surface area contributed by atoms with Crippen LogP contribution < -0.4 is 5.32 Å². The van der Waals surface area contributed by atoms with Gasteiger partial charge >= 0.3 is 6.03 Å². The van der Waals surface area contributed by atoms with Gasteiger partial charge in [-0.3, -0.25) is 0 Å². The van der Waals surface area contributed by atoms with Crippen LogP contribution in [0.15, 0.2) is 0 Å². The number of carbonyl (C=O) groups is 1. The molecule has 1 saturated heterocycles. The summed E-state index contributed by atoms with van der Waals surface area (Å²) in [6.07, 6.45) is 6.21. The topological polar surface area (TPSA) is 66.5 Å². The maximum Gasteiger partial charge on any atom is 0.317 e. The molecule has 1 unspecified atom stereocenters. The Bertz CT molecular complexity index is 418. The Morgan fingerprint density at radius 2 is 2.10 bits per heavy atom.